The van der Waals surface area contributed by atoms with Crippen LogP contribution in [0, 0.1) is 17.2 Å². The van der Waals surface area contributed by atoms with Crippen LogP contribution in [0.3, 0.4) is 0 Å². The fourth-order valence-corrected chi connectivity index (χ4v) is 6.05. The van der Waals surface area contributed by atoms with E-state index < -0.39 is 0 Å². The van der Waals surface area contributed by atoms with Gasteiger partial charge in [-0.15, -0.1) is 0 Å². The highest BCUT2D eigenvalue weighted by atomic mass is 19.1. The van der Waals surface area contributed by atoms with Gasteiger partial charge < -0.3 is 10.1 Å². The molecule has 7 rings (SSSR count). The summed E-state index contributed by atoms with van der Waals surface area (Å²) in [5, 5.41) is 3.27. The van der Waals surface area contributed by atoms with Crippen molar-refractivity contribution in [3.05, 3.63) is 59.4 Å². The van der Waals surface area contributed by atoms with E-state index in [1.165, 1.54) is 23.3 Å². The van der Waals surface area contributed by atoms with E-state index in [1.807, 2.05) is 12.1 Å². The number of amides is 1. The van der Waals surface area contributed by atoms with Crippen molar-refractivity contribution >= 4 is 6.09 Å². The van der Waals surface area contributed by atoms with Gasteiger partial charge in [-0.05, 0) is 97.3 Å². The Bertz CT molecular complexity index is 993. The highest BCUT2D eigenvalue weighted by Gasteiger charge is 2.53. The van der Waals surface area contributed by atoms with Gasteiger partial charge in [0.15, 0.2) is 0 Å². The van der Waals surface area contributed by atoms with Crippen molar-refractivity contribution in [3.8, 4) is 11.1 Å². The van der Waals surface area contributed by atoms with Crippen LogP contribution in [0.5, 0.6) is 0 Å². The molecule has 1 N–H and O–H groups in total. The lowest BCUT2D eigenvalue weighted by Crippen LogP contribution is -2.53. The first kappa shape index (κ1) is 19.3. The van der Waals surface area contributed by atoms with Crippen molar-refractivity contribution in [1.29, 1.82) is 0 Å². The molecule has 162 valence electrons. The zero-order valence-electron chi connectivity index (χ0n) is 17.8. The van der Waals surface area contributed by atoms with Crippen LogP contribution in [0.25, 0.3) is 11.1 Å². The van der Waals surface area contributed by atoms with E-state index in [1.54, 1.807) is 0 Å². The fraction of sp³-hybridized carbons (Fsp3) is 0.500. The summed E-state index contributed by atoms with van der Waals surface area (Å²) < 4.78 is 19.2. The maximum atomic E-state index is 13.3. The third-order valence-corrected chi connectivity index (χ3v) is 8.15. The lowest BCUT2D eigenvalue weighted by Gasteiger charge is -2.44. The summed E-state index contributed by atoms with van der Waals surface area (Å²) >= 11 is 0. The molecule has 2 bridgehead atoms. The number of hydrogen-bond acceptors (Lipinski definition) is 3. The fourth-order valence-electron chi connectivity index (χ4n) is 6.05. The summed E-state index contributed by atoms with van der Waals surface area (Å²) in [6.45, 7) is 3.16. The Kier molecular flexibility index (Phi) is 4.57. The summed E-state index contributed by atoms with van der Waals surface area (Å²) in [5.41, 5.74) is 4.81. The lowest BCUT2D eigenvalue weighted by molar-refractivity contribution is -0.0347. The van der Waals surface area contributed by atoms with Crippen molar-refractivity contribution in [3.63, 3.8) is 0 Å². The van der Waals surface area contributed by atoms with Crippen LogP contribution >= 0.6 is 0 Å². The smallest absolute Gasteiger partial charge is 0.407 e. The minimum absolute atomic E-state index is 0.0205. The largest absolute Gasteiger partial charge is 0.445 e. The summed E-state index contributed by atoms with van der Waals surface area (Å²) in [4.78, 5) is 15.3. The van der Waals surface area contributed by atoms with Crippen LogP contribution in [0.2, 0.25) is 0 Å². The van der Waals surface area contributed by atoms with Gasteiger partial charge >= 0.3 is 6.09 Å². The Morgan fingerprint density at radius 3 is 2.45 bits per heavy atom. The summed E-state index contributed by atoms with van der Waals surface area (Å²) in [6, 6.07) is 13.1. The minimum Gasteiger partial charge on any atom is -0.445 e. The predicted octanol–water partition coefficient (Wildman–Crippen LogP) is 5.08. The van der Waals surface area contributed by atoms with Gasteiger partial charge in [0.05, 0.1) is 6.04 Å². The highest BCUT2D eigenvalue weighted by molar-refractivity contribution is 5.70. The van der Waals surface area contributed by atoms with Gasteiger partial charge in [0.2, 0.25) is 0 Å². The molecule has 3 heterocycles. The van der Waals surface area contributed by atoms with Crippen molar-refractivity contribution in [2.45, 2.75) is 50.7 Å². The SMILES string of the molecule is O=C(NC1c2ccc(-c3ccc(F)cc3)cc2CCC12CC2)O[C@@H]1CN2CCC1CC2. The number of nitrogens with zero attached hydrogens (tertiary/aromatic N) is 1. The van der Waals surface area contributed by atoms with Crippen LogP contribution in [0.15, 0.2) is 42.5 Å². The molecule has 1 unspecified atom stereocenters. The number of benzene rings is 2. The molecular formula is C26H29FN2O2. The molecule has 2 aromatic rings. The molecule has 5 aliphatic rings. The number of aryl methyl sites for hydroxylation is 1. The summed E-state index contributed by atoms with van der Waals surface area (Å²) in [7, 11) is 0. The van der Waals surface area contributed by atoms with Gasteiger partial charge in [0.1, 0.15) is 11.9 Å². The molecule has 4 nitrogen and oxygen atoms in total. The number of carbonyl (C=O) groups is 1. The quantitative estimate of drug-likeness (QED) is 0.753. The van der Waals surface area contributed by atoms with Crippen LogP contribution < -0.4 is 5.32 Å². The molecule has 1 saturated carbocycles. The Balaban J connectivity index is 1.22. The van der Waals surface area contributed by atoms with Gasteiger partial charge in [-0.3, -0.25) is 4.90 Å². The number of nitrogens with one attached hydrogen (secondary N) is 1. The van der Waals surface area contributed by atoms with E-state index in [9.17, 15) is 9.18 Å². The molecule has 2 aliphatic carbocycles. The van der Waals surface area contributed by atoms with Gasteiger partial charge in [-0.25, -0.2) is 9.18 Å². The normalized spacial score (nSPS) is 30.0. The Morgan fingerprint density at radius 2 is 1.77 bits per heavy atom. The molecule has 2 aromatic carbocycles. The maximum Gasteiger partial charge on any atom is 0.407 e. The number of alkyl carbamates (subject to hydrolysis) is 1. The topological polar surface area (TPSA) is 41.6 Å². The van der Waals surface area contributed by atoms with Crippen molar-refractivity contribution in [2.75, 3.05) is 19.6 Å². The van der Waals surface area contributed by atoms with Crippen LogP contribution in [0.4, 0.5) is 9.18 Å². The number of carbonyl (C=O) groups excluding carboxylic acids is 1. The van der Waals surface area contributed by atoms with Crippen LogP contribution in [-0.4, -0.2) is 36.7 Å². The number of rotatable bonds is 3. The van der Waals surface area contributed by atoms with Crippen LogP contribution in [0.1, 0.15) is 49.3 Å². The predicted molar refractivity (Wildman–Crippen MR) is 117 cm³/mol. The number of ether oxygens (including phenoxy) is 1. The average Bonchev–Trinajstić information content (AvgIpc) is 3.57. The first-order valence-electron chi connectivity index (χ1n) is 11.7. The number of hydrogen-bond donors (Lipinski definition) is 1. The Morgan fingerprint density at radius 1 is 1.03 bits per heavy atom. The number of piperidine rings is 3. The second kappa shape index (κ2) is 7.33. The molecule has 1 spiro atoms. The zero-order valence-corrected chi connectivity index (χ0v) is 17.8. The first-order valence-corrected chi connectivity index (χ1v) is 11.7. The molecule has 0 radical (unpaired) electrons. The second-order valence-corrected chi connectivity index (χ2v) is 9.94. The monoisotopic (exact) mass is 420 g/mol. The molecular weight excluding hydrogens is 391 g/mol. The van der Waals surface area contributed by atoms with Crippen molar-refractivity contribution < 1.29 is 13.9 Å². The van der Waals surface area contributed by atoms with E-state index in [0.717, 1.165) is 69.3 Å². The Labute approximate surface area is 182 Å². The third kappa shape index (κ3) is 3.53. The number of fused-ring (bicyclic) bond motifs is 4. The van der Waals surface area contributed by atoms with E-state index in [2.05, 4.69) is 28.4 Å². The molecule has 3 saturated heterocycles. The van der Waals surface area contributed by atoms with Crippen LogP contribution in [-0.2, 0) is 11.2 Å². The van der Waals surface area contributed by atoms with Gasteiger partial charge in [-0.2, -0.15) is 0 Å². The van der Waals surface area contributed by atoms with Crippen molar-refractivity contribution in [1.82, 2.24) is 10.2 Å². The van der Waals surface area contributed by atoms with E-state index in [0.29, 0.717) is 5.92 Å². The molecule has 4 fully saturated rings. The molecule has 1 amide bonds. The molecule has 5 heteroatoms. The zero-order chi connectivity index (χ0) is 21.0. The molecule has 3 aliphatic heterocycles. The second-order valence-electron chi connectivity index (χ2n) is 9.94. The standard InChI is InChI=1S/C26H29FN2O2/c27-21-4-1-17(2-5-21)19-3-6-22-20(15-19)7-10-26(11-12-26)24(22)28-25(30)31-23-16-29-13-8-18(23)9-14-29/h1-6,15,18,23-24H,7-14,16H2,(H,28,30)/t23-,24?/m1/s1. The van der Waals surface area contributed by atoms with E-state index in [-0.39, 0.29) is 29.5 Å². The van der Waals surface area contributed by atoms with Gasteiger partial charge in [-0.1, -0.05) is 30.3 Å². The van der Waals surface area contributed by atoms with E-state index >= 15 is 0 Å². The maximum absolute atomic E-state index is 13.3. The third-order valence-electron chi connectivity index (χ3n) is 8.15. The molecule has 0 aromatic heterocycles. The highest BCUT2D eigenvalue weighted by Crippen LogP contribution is 2.61. The van der Waals surface area contributed by atoms with E-state index in [4.69, 9.17) is 4.74 Å². The van der Waals surface area contributed by atoms with Gasteiger partial charge in [0, 0.05) is 6.54 Å². The number of halogens is 1. The lowest BCUT2D eigenvalue weighted by atomic mass is 9.76. The minimum atomic E-state index is -0.259. The molecule has 31 heavy (non-hydrogen) atoms. The Hall–Kier alpha value is -2.40. The van der Waals surface area contributed by atoms with Gasteiger partial charge in [0.25, 0.3) is 0 Å². The first-order chi connectivity index (χ1) is 15.1. The average molecular weight is 421 g/mol. The summed E-state index contributed by atoms with van der Waals surface area (Å²) in [5.74, 6) is 0.297. The van der Waals surface area contributed by atoms with Crippen molar-refractivity contribution in [2.24, 2.45) is 11.3 Å². The molecule has 2 atom stereocenters. The summed E-state index contributed by atoms with van der Waals surface area (Å²) in [6.07, 6.45) is 6.50.